The van der Waals surface area contributed by atoms with Crippen molar-refractivity contribution in [1.82, 2.24) is 9.88 Å². The van der Waals surface area contributed by atoms with Crippen molar-refractivity contribution in [2.75, 3.05) is 26.4 Å². The first kappa shape index (κ1) is 14.7. The minimum absolute atomic E-state index is 0.312. The van der Waals surface area contributed by atoms with Crippen molar-refractivity contribution in [3.8, 4) is 0 Å². The van der Waals surface area contributed by atoms with Crippen LogP contribution in [0.25, 0.3) is 0 Å². The van der Waals surface area contributed by atoms with E-state index in [0.717, 1.165) is 32.0 Å². The Morgan fingerprint density at radius 3 is 3.19 bits per heavy atom. The van der Waals surface area contributed by atoms with Crippen molar-refractivity contribution in [2.45, 2.75) is 31.5 Å². The third kappa shape index (κ3) is 3.51. The van der Waals surface area contributed by atoms with Gasteiger partial charge >= 0.3 is 0 Å². The first-order chi connectivity index (χ1) is 10.4. The van der Waals surface area contributed by atoms with Gasteiger partial charge in [0.05, 0.1) is 31.6 Å². The van der Waals surface area contributed by atoms with Crippen LogP contribution in [0.1, 0.15) is 18.5 Å². The van der Waals surface area contributed by atoms with Gasteiger partial charge in [-0.15, -0.1) is 6.58 Å². The second kappa shape index (κ2) is 7.16. The number of aromatic nitrogens is 1. The molecule has 1 aliphatic heterocycles. The monoisotopic (exact) mass is 288 g/mol. The van der Waals surface area contributed by atoms with Crippen molar-refractivity contribution in [1.29, 1.82) is 0 Å². The average Bonchev–Trinajstić information content (AvgIpc) is 2.93. The van der Waals surface area contributed by atoms with Gasteiger partial charge in [-0.2, -0.15) is 0 Å². The first-order valence-electron chi connectivity index (χ1n) is 7.82. The van der Waals surface area contributed by atoms with Gasteiger partial charge in [-0.1, -0.05) is 12.1 Å². The van der Waals surface area contributed by atoms with Crippen molar-refractivity contribution in [2.24, 2.45) is 5.92 Å². The van der Waals surface area contributed by atoms with E-state index in [2.05, 4.69) is 28.6 Å². The maximum atomic E-state index is 6.05. The van der Waals surface area contributed by atoms with E-state index in [1.54, 1.807) is 0 Å². The highest BCUT2D eigenvalue weighted by Gasteiger charge is 2.42. The van der Waals surface area contributed by atoms with Crippen LogP contribution in [0.3, 0.4) is 0 Å². The van der Waals surface area contributed by atoms with Crippen LogP contribution in [0, 0.1) is 5.92 Å². The molecule has 0 bridgehead atoms. The van der Waals surface area contributed by atoms with E-state index in [4.69, 9.17) is 9.47 Å². The molecule has 2 fully saturated rings. The second-order valence-electron chi connectivity index (χ2n) is 5.86. The molecule has 21 heavy (non-hydrogen) atoms. The van der Waals surface area contributed by atoms with Gasteiger partial charge in [0.2, 0.25) is 0 Å². The zero-order valence-corrected chi connectivity index (χ0v) is 12.5. The molecule has 0 radical (unpaired) electrons. The number of ether oxygens (including phenoxy) is 2. The molecule has 3 rings (SSSR count). The molecule has 1 aliphatic carbocycles. The molecule has 0 spiro atoms. The lowest BCUT2D eigenvalue weighted by atomic mass is 10.0. The first-order valence-corrected chi connectivity index (χ1v) is 7.82. The molecule has 0 aromatic carbocycles. The molecule has 2 aliphatic rings. The summed E-state index contributed by atoms with van der Waals surface area (Å²) in [5.74, 6) is 0.515. The van der Waals surface area contributed by atoms with E-state index in [0.29, 0.717) is 24.7 Å². The summed E-state index contributed by atoms with van der Waals surface area (Å²) in [5, 5.41) is 0. The van der Waals surface area contributed by atoms with Crippen molar-refractivity contribution >= 4 is 0 Å². The highest BCUT2D eigenvalue weighted by atomic mass is 16.5. The molecular weight excluding hydrogens is 264 g/mol. The summed E-state index contributed by atoms with van der Waals surface area (Å²) in [7, 11) is 0. The molecule has 114 valence electrons. The summed E-state index contributed by atoms with van der Waals surface area (Å²) in [5.41, 5.74) is 1.14. The lowest BCUT2D eigenvalue weighted by Gasteiger charge is -2.39. The fourth-order valence-corrected chi connectivity index (χ4v) is 3.51. The Morgan fingerprint density at radius 2 is 2.38 bits per heavy atom. The Balaban J connectivity index is 1.59. The van der Waals surface area contributed by atoms with Gasteiger partial charge in [0.1, 0.15) is 0 Å². The van der Waals surface area contributed by atoms with E-state index in [-0.39, 0.29) is 0 Å². The number of pyridine rings is 1. The fraction of sp³-hybridized carbons (Fsp3) is 0.588. The van der Waals surface area contributed by atoms with E-state index >= 15 is 0 Å². The Bertz CT molecular complexity index is 451. The van der Waals surface area contributed by atoms with Crippen LogP contribution in [-0.2, 0) is 16.0 Å². The zero-order chi connectivity index (χ0) is 14.5. The minimum atomic E-state index is 0.312. The van der Waals surface area contributed by atoms with Gasteiger partial charge < -0.3 is 9.47 Å². The summed E-state index contributed by atoms with van der Waals surface area (Å²) < 4.78 is 11.7. The van der Waals surface area contributed by atoms with Gasteiger partial charge in [-0.05, 0) is 25.0 Å². The standard InChI is InChI=1S/C17H24N2O2/c1-2-10-20-13-14-6-7-16-17(14)21-11-9-19(16)12-15-5-3-4-8-18-15/h2-5,8,14,16-17H,1,6-7,9-13H2/t14-,16-,17-/m0/s1. The third-order valence-corrected chi connectivity index (χ3v) is 4.49. The van der Waals surface area contributed by atoms with E-state index in [9.17, 15) is 0 Å². The molecule has 0 amide bonds. The summed E-state index contributed by atoms with van der Waals surface area (Å²) in [4.78, 5) is 6.98. The summed E-state index contributed by atoms with van der Waals surface area (Å²) in [6, 6.07) is 6.64. The molecule has 0 unspecified atom stereocenters. The summed E-state index contributed by atoms with van der Waals surface area (Å²) in [6.07, 6.45) is 6.37. The maximum Gasteiger partial charge on any atom is 0.0781 e. The van der Waals surface area contributed by atoms with Crippen LogP contribution in [0.15, 0.2) is 37.1 Å². The number of fused-ring (bicyclic) bond motifs is 1. The van der Waals surface area contributed by atoms with Gasteiger partial charge in [0, 0.05) is 31.2 Å². The number of hydrogen-bond acceptors (Lipinski definition) is 4. The van der Waals surface area contributed by atoms with Crippen LogP contribution in [0.4, 0.5) is 0 Å². The highest BCUT2D eigenvalue weighted by molar-refractivity contribution is 5.05. The molecule has 3 atom stereocenters. The van der Waals surface area contributed by atoms with Crippen molar-refractivity contribution < 1.29 is 9.47 Å². The molecule has 4 nitrogen and oxygen atoms in total. The van der Waals surface area contributed by atoms with Gasteiger partial charge in [-0.3, -0.25) is 9.88 Å². The normalized spacial score (nSPS) is 29.2. The van der Waals surface area contributed by atoms with E-state index in [1.165, 1.54) is 12.8 Å². The second-order valence-corrected chi connectivity index (χ2v) is 5.86. The molecule has 0 N–H and O–H groups in total. The molecular formula is C17H24N2O2. The van der Waals surface area contributed by atoms with Crippen LogP contribution in [0.5, 0.6) is 0 Å². The van der Waals surface area contributed by atoms with Gasteiger partial charge in [0.15, 0.2) is 0 Å². The predicted molar refractivity (Wildman–Crippen MR) is 81.9 cm³/mol. The molecule has 1 saturated heterocycles. The molecule has 2 heterocycles. The Hall–Kier alpha value is -1.23. The smallest absolute Gasteiger partial charge is 0.0781 e. The van der Waals surface area contributed by atoms with Crippen LogP contribution >= 0.6 is 0 Å². The Morgan fingerprint density at radius 1 is 1.43 bits per heavy atom. The van der Waals surface area contributed by atoms with Gasteiger partial charge in [-0.25, -0.2) is 0 Å². The number of morpholine rings is 1. The van der Waals surface area contributed by atoms with Crippen LogP contribution in [0.2, 0.25) is 0 Å². The van der Waals surface area contributed by atoms with E-state index in [1.807, 2.05) is 18.3 Å². The topological polar surface area (TPSA) is 34.6 Å². The number of rotatable bonds is 6. The fourth-order valence-electron chi connectivity index (χ4n) is 3.51. The highest BCUT2D eigenvalue weighted by Crippen LogP contribution is 2.35. The molecule has 4 heteroatoms. The number of nitrogens with zero attached hydrogens (tertiary/aromatic N) is 2. The minimum Gasteiger partial charge on any atom is -0.377 e. The summed E-state index contributed by atoms with van der Waals surface area (Å²) >= 11 is 0. The van der Waals surface area contributed by atoms with E-state index < -0.39 is 0 Å². The molecule has 1 saturated carbocycles. The Kier molecular flexibility index (Phi) is 5.01. The lowest BCUT2D eigenvalue weighted by Crippen LogP contribution is -2.50. The average molecular weight is 288 g/mol. The zero-order valence-electron chi connectivity index (χ0n) is 12.5. The van der Waals surface area contributed by atoms with Gasteiger partial charge in [0.25, 0.3) is 0 Å². The summed E-state index contributed by atoms with van der Waals surface area (Å²) in [6.45, 7) is 7.84. The van der Waals surface area contributed by atoms with Crippen molar-refractivity contribution in [3.63, 3.8) is 0 Å². The number of hydrogen-bond donors (Lipinski definition) is 0. The van der Waals surface area contributed by atoms with Crippen LogP contribution in [-0.4, -0.2) is 48.4 Å². The quantitative estimate of drug-likeness (QED) is 0.594. The Labute approximate surface area is 126 Å². The SMILES string of the molecule is C=CCOC[C@@H]1CC[C@H]2[C@H]1OCCN2Cc1ccccn1. The molecule has 1 aromatic heterocycles. The largest absolute Gasteiger partial charge is 0.377 e. The predicted octanol–water partition coefficient (Wildman–Crippen LogP) is 2.26. The third-order valence-electron chi connectivity index (χ3n) is 4.49. The lowest BCUT2D eigenvalue weighted by molar-refractivity contribution is -0.0871. The maximum absolute atomic E-state index is 6.05. The molecule has 1 aromatic rings. The van der Waals surface area contributed by atoms with Crippen molar-refractivity contribution in [3.05, 3.63) is 42.7 Å². The van der Waals surface area contributed by atoms with Crippen LogP contribution < -0.4 is 0 Å².